The molecule has 0 unspecified atom stereocenters. The first-order chi connectivity index (χ1) is 12.4. The topological polar surface area (TPSA) is 35.5 Å². The van der Waals surface area contributed by atoms with Crippen LogP contribution in [0, 0.1) is 0 Å². The van der Waals surface area contributed by atoms with Crippen molar-refractivity contribution < 1.29 is 27.4 Å². The molecular weight excluding hydrogens is 345 g/mol. The first-order valence-electron chi connectivity index (χ1n) is 8.36. The van der Waals surface area contributed by atoms with Gasteiger partial charge in [0.25, 0.3) is 0 Å². The number of esters is 1. The highest BCUT2D eigenvalue weighted by Gasteiger charge is 2.34. The zero-order valence-corrected chi connectivity index (χ0v) is 14.3. The average Bonchev–Trinajstić information content (AvgIpc) is 3.44. The Balaban J connectivity index is 1.89. The maximum atomic E-state index is 13.1. The smallest absolute Gasteiger partial charge is 0.419 e. The molecule has 0 heterocycles. The maximum absolute atomic E-state index is 13.1. The van der Waals surface area contributed by atoms with E-state index in [0.717, 1.165) is 35.6 Å². The van der Waals surface area contributed by atoms with Crippen molar-refractivity contribution in [2.24, 2.45) is 0 Å². The van der Waals surface area contributed by atoms with Crippen LogP contribution in [0.1, 0.15) is 41.0 Å². The number of benzene rings is 2. The normalized spacial score (nSPS) is 14.2. The molecule has 0 N–H and O–H groups in total. The number of carbonyl (C=O) groups excluding carboxylic acids is 1. The van der Waals surface area contributed by atoms with E-state index in [-0.39, 0.29) is 18.8 Å². The minimum atomic E-state index is -4.48. The molecule has 2 aromatic carbocycles. The summed E-state index contributed by atoms with van der Waals surface area (Å²) in [4.78, 5) is 11.7. The summed E-state index contributed by atoms with van der Waals surface area (Å²) in [6.07, 6.45) is -2.35. The summed E-state index contributed by atoms with van der Waals surface area (Å²) >= 11 is 0. The van der Waals surface area contributed by atoms with E-state index in [4.69, 9.17) is 9.47 Å². The molecule has 1 saturated carbocycles. The van der Waals surface area contributed by atoms with Crippen molar-refractivity contribution in [3.63, 3.8) is 0 Å². The number of alkyl halides is 3. The highest BCUT2D eigenvalue weighted by molar-refractivity contribution is 5.73. The van der Waals surface area contributed by atoms with E-state index in [0.29, 0.717) is 5.92 Å². The highest BCUT2D eigenvalue weighted by Crippen LogP contribution is 2.43. The molecule has 2 aromatic rings. The molecule has 0 amide bonds. The van der Waals surface area contributed by atoms with Gasteiger partial charge in [-0.05, 0) is 47.6 Å². The number of carbonyl (C=O) groups is 1. The van der Waals surface area contributed by atoms with Crippen LogP contribution >= 0.6 is 0 Å². The quantitative estimate of drug-likeness (QED) is 0.686. The fourth-order valence-corrected chi connectivity index (χ4v) is 2.98. The minimum absolute atomic E-state index is 0.0217. The second kappa shape index (κ2) is 7.40. The van der Waals surface area contributed by atoms with Crippen LogP contribution in [0.4, 0.5) is 13.2 Å². The minimum Gasteiger partial charge on any atom is -0.488 e. The Hall–Kier alpha value is -2.50. The van der Waals surface area contributed by atoms with Gasteiger partial charge in [0.2, 0.25) is 0 Å². The van der Waals surface area contributed by atoms with Crippen LogP contribution in [-0.2, 0) is 28.7 Å². The molecule has 3 rings (SSSR count). The zero-order chi connectivity index (χ0) is 18.7. The molecule has 0 bridgehead atoms. The average molecular weight is 364 g/mol. The Morgan fingerprint density at radius 1 is 1.12 bits per heavy atom. The van der Waals surface area contributed by atoms with E-state index in [1.165, 1.54) is 25.3 Å². The molecule has 138 valence electrons. The Labute approximate surface area is 149 Å². The van der Waals surface area contributed by atoms with Crippen LogP contribution in [0.25, 0.3) is 0 Å². The molecule has 0 aliphatic heterocycles. The Morgan fingerprint density at radius 3 is 2.50 bits per heavy atom. The van der Waals surface area contributed by atoms with Gasteiger partial charge >= 0.3 is 12.1 Å². The Morgan fingerprint density at radius 2 is 1.85 bits per heavy atom. The highest BCUT2D eigenvalue weighted by atomic mass is 19.4. The first-order valence-corrected chi connectivity index (χ1v) is 8.36. The van der Waals surface area contributed by atoms with Gasteiger partial charge in [0.1, 0.15) is 12.4 Å². The molecule has 0 spiro atoms. The number of ether oxygens (including phenoxy) is 2. The summed E-state index contributed by atoms with van der Waals surface area (Å²) in [6, 6.07) is 10.7. The van der Waals surface area contributed by atoms with Gasteiger partial charge < -0.3 is 9.47 Å². The van der Waals surface area contributed by atoms with E-state index in [2.05, 4.69) is 0 Å². The fourth-order valence-electron chi connectivity index (χ4n) is 2.98. The standard InChI is InChI=1S/C20H19F3O3/c1-25-19(24)11-14-5-4-6-15(13-9-10-13)16(14)12-26-18-8-3-2-7-17(18)20(21,22)23/h2-8,13H,9-12H2,1H3. The van der Waals surface area contributed by atoms with Crippen LogP contribution in [0.2, 0.25) is 0 Å². The first kappa shape index (κ1) is 18.3. The van der Waals surface area contributed by atoms with E-state index in [1.54, 1.807) is 6.07 Å². The lowest BCUT2D eigenvalue weighted by Crippen LogP contribution is -2.12. The van der Waals surface area contributed by atoms with E-state index in [9.17, 15) is 18.0 Å². The van der Waals surface area contributed by atoms with Crippen LogP contribution in [0.15, 0.2) is 42.5 Å². The lowest BCUT2D eigenvalue weighted by molar-refractivity contribution is -0.140. The van der Waals surface area contributed by atoms with Crippen LogP contribution in [0.3, 0.4) is 0 Å². The lowest BCUT2D eigenvalue weighted by Gasteiger charge is -2.17. The van der Waals surface area contributed by atoms with E-state index < -0.39 is 17.7 Å². The summed E-state index contributed by atoms with van der Waals surface area (Å²) in [6.45, 7) is -0.0217. The van der Waals surface area contributed by atoms with Crippen LogP contribution in [-0.4, -0.2) is 13.1 Å². The number of rotatable bonds is 6. The van der Waals surface area contributed by atoms with Crippen molar-refractivity contribution in [2.45, 2.75) is 38.0 Å². The number of hydrogen-bond acceptors (Lipinski definition) is 3. The predicted octanol–water partition coefficient (Wildman–Crippen LogP) is 4.88. The van der Waals surface area contributed by atoms with E-state index in [1.807, 2.05) is 12.1 Å². The monoisotopic (exact) mass is 364 g/mol. The van der Waals surface area contributed by atoms with Crippen molar-refractivity contribution in [3.8, 4) is 5.75 Å². The van der Waals surface area contributed by atoms with Crippen LogP contribution in [0.5, 0.6) is 5.75 Å². The molecule has 1 aliphatic carbocycles. The summed E-state index contributed by atoms with van der Waals surface area (Å²) in [5, 5.41) is 0. The van der Waals surface area contributed by atoms with Gasteiger partial charge in [0.15, 0.2) is 0 Å². The molecule has 3 nitrogen and oxygen atoms in total. The van der Waals surface area contributed by atoms with Crippen molar-refractivity contribution >= 4 is 5.97 Å². The van der Waals surface area contributed by atoms with Gasteiger partial charge in [-0.2, -0.15) is 13.2 Å². The third-order valence-corrected chi connectivity index (χ3v) is 4.45. The molecule has 1 aliphatic rings. The van der Waals surface area contributed by atoms with Crippen LogP contribution < -0.4 is 4.74 Å². The summed E-state index contributed by atoms with van der Waals surface area (Å²) in [7, 11) is 1.31. The van der Waals surface area contributed by atoms with Crippen molar-refractivity contribution in [1.29, 1.82) is 0 Å². The number of hydrogen-bond donors (Lipinski definition) is 0. The van der Waals surface area contributed by atoms with Gasteiger partial charge in [-0.1, -0.05) is 30.3 Å². The maximum Gasteiger partial charge on any atom is 0.419 e. The summed E-state index contributed by atoms with van der Waals surface area (Å²) in [5.74, 6) is -0.228. The van der Waals surface area contributed by atoms with Gasteiger partial charge in [0, 0.05) is 0 Å². The summed E-state index contributed by atoms with van der Waals surface area (Å²) in [5.41, 5.74) is 1.73. The molecule has 0 saturated heterocycles. The zero-order valence-electron chi connectivity index (χ0n) is 14.3. The van der Waals surface area contributed by atoms with Crippen molar-refractivity contribution in [1.82, 2.24) is 0 Å². The second-order valence-corrected chi connectivity index (χ2v) is 6.29. The Kier molecular flexibility index (Phi) is 5.20. The molecule has 0 atom stereocenters. The SMILES string of the molecule is COC(=O)Cc1cccc(C2CC2)c1COc1ccccc1C(F)(F)F. The molecule has 6 heteroatoms. The van der Waals surface area contributed by atoms with Gasteiger partial charge in [-0.15, -0.1) is 0 Å². The predicted molar refractivity (Wildman–Crippen MR) is 89.9 cm³/mol. The lowest BCUT2D eigenvalue weighted by atomic mass is 9.96. The molecule has 0 aromatic heterocycles. The van der Waals surface area contributed by atoms with Gasteiger partial charge in [0.05, 0.1) is 19.1 Å². The molecular formula is C20H19F3O3. The van der Waals surface area contributed by atoms with Gasteiger partial charge in [-0.3, -0.25) is 4.79 Å². The number of halogens is 3. The molecule has 0 radical (unpaired) electrons. The van der Waals surface area contributed by atoms with Gasteiger partial charge in [-0.25, -0.2) is 0 Å². The Bertz CT molecular complexity index is 795. The number of methoxy groups -OCH3 is 1. The number of para-hydroxylation sites is 1. The largest absolute Gasteiger partial charge is 0.488 e. The summed E-state index contributed by atoms with van der Waals surface area (Å²) < 4.78 is 49.7. The van der Waals surface area contributed by atoms with Crippen molar-refractivity contribution in [2.75, 3.05) is 7.11 Å². The molecule has 1 fully saturated rings. The van der Waals surface area contributed by atoms with E-state index >= 15 is 0 Å². The second-order valence-electron chi connectivity index (χ2n) is 6.29. The fraction of sp³-hybridized carbons (Fsp3) is 0.350. The third-order valence-electron chi connectivity index (χ3n) is 4.45. The molecule has 26 heavy (non-hydrogen) atoms. The third kappa shape index (κ3) is 4.18. The van der Waals surface area contributed by atoms with Crippen molar-refractivity contribution in [3.05, 3.63) is 64.7 Å².